The lowest BCUT2D eigenvalue weighted by atomic mass is 10.1. The molecule has 0 unspecified atom stereocenters. The summed E-state index contributed by atoms with van der Waals surface area (Å²) in [7, 11) is 0. The Bertz CT molecular complexity index is 839. The molecule has 0 spiro atoms. The van der Waals surface area contributed by atoms with Crippen LogP contribution in [0.1, 0.15) is 17.0 Å². The van der Waals surface area contributed by atoms with Gasteiger partial charge in [-0.3, -0.25) is 14.5 Å². The third kappa shape index (κ3) is 2.40. The minimum atomic E-state index is -0.0387. The largest absolute Gasteiger partial charge is 0.284 e. The molecule has 4 nitrogen and oxygen atoms in total. The van der Waals surface area contributed by atoms with Gasteiger partial charge in [-0.25, -0.2) is 0 Å². The lowest BCUT2D eigenvalue weighted by Crippen LogP contribution is -2.16. The van der Waals surface area contributed by atoms with Gasteiger partial charge in [0.15, 0.2) is 0 Å². The molecule has 0 amide bonds. The number of benzene rings is 1. The first-order valence-electron chi connectivity index (χ1n) is 6.88. The van der Waals surface area contributed by atoms with Crippen molar-refractivity contribution in [3.63, 3.8) is 0 Å². The maximum atomic E-state index is 12.2. The van der Waals surface area contributed by atoms with Gasteiger partial charge in [-0.15, -0.1) is 0 Å². The van der Waals surface area contributed by atoms with E-state index in [-0.39, 0.29) is 5.56 Å². The summed E-state index contributed by atoms with van der Waals surface area (Å²) in [6, 6.07) is 11.4. The Balaban J connectivity index is 2.20. The van der Waals surface area contributed by atoms with E-state index in [1.807, 2.05) is 57.3 Å². The minimum Gasteiger partial charge on any atom is -0.284 e. The summed E-state index contributed by atoms with van der Waals surface area (Å²) in [5, 5.41) is 7.20. The van der Waals surface area contributed by atoms with Crippen molar-refractivity contribution >= 4 is 0 Å². The van der Waals surface area contributed by atoms with Crippen molar-refractivity contribution in [2.24, 2.45) is 0 Å². The summed E-state index contributed by atoms with van der Waals surface area (Å²) in [5.41, 5.74) is 5.93. The van der Waals surface area contributed by atoms with Crippen LogP contribution in [0.2, 0.25) is 0 Å². The quantitative estimate of drug-likeness (QED) is 0.783. The molecule has 0 fully saturated rings. The molecule has 0 bridgehead atoms. The molecule has 0 radical (unpaired) electrons. The molecule has 3 aromatic rings. The van der Waals surface area contributed by atoms with Crippen LogP contribution < -0.4 is 5.56 Å². The highest BCUT2D eigenvalue weighted by Crippen LogP contribution is 2.24. The molecule has 0 aliphatic heterocycles. The molecule has 1 N–H and O–H groups in total. The van der Waals surface area contributed by atoms with Crippen LogP contribution in [0.4, 0.5) is 0 Å². The highest BCUT2D eigenvalue weighted by molar-refractivity contribution is 5.67. The SMILES string of the molecule is Cc1cccc(-n2cc(-c3c(C)n[nH]c3C)ccc2=O)c1. The molecule has 2 aromatic heterocycles. The number of hydrogen-bond acceptors (Lipinski definition) is 2. The van der Waals surface area contributed by atoms with E-state index in [0.717, 1.165) is 33.8 Å². The molecule has 0 saturated heterocycles. The Morgan fingerprint density at radius 1 is 1.10 bits per heavy atom. The van der Waals surface area contributed by atoms with Crippen LogP contribution in [0, 0.1) is 20.8 Å². The highest BCUT2D eigenvalue weighted by atomic mass is 16.1. The van der Waals surface area contributed by atoms with Crippen LogP contribution in [-0.2, 0) is 0 Å². The van der Waals surface area contributed by atoms with Gasteiger partial charge in [0, 0.05) is 34.8 Å². The van der Waals surface area contributed by atoms with E-state index in [9.17, 15) is 4.79 Å². The number of nitrogens with one attached hydrogen (secondary N) is 1. The van der Waals surface area contributed by atoms with Gasteiger partial charge in [0.2, 0.25) is 0 Å². The van der Waals surface area contributed by atoms with Crippen LogP contribution in [0.15, 0.2) is 47.4 Å². The van der Waals surface area contributed by atoms with Gasteiger partial charge in [-0.1, -0.05) is 12.1 Å². The third-order valence-corrected chi connectivity index (χ3v) is 3.61. The minimum absolute atomic E-state index is 0.0387. The van der Waals surface area contributed by atoms with Crippen molar-refractivity contribution in [2.75, 3.05) is 0 Å². The topological polar surface area (TPSA) is 50.7 Å². The van der Waals surface area contributed by atoms with E-state index in [4.69, 9.17) is 0 Å². The lowest BCUT2D eigenvalue weighted by Gasteiger charge is -2.09. The first kappa shape index (κ1) is 13.4. The third-order valence-electron chi connectivity index (χ3n) is 3.61. The van der Waals surface area contributed by atoms with Crippen molar-refractivity contribution in [3.05, 3.63) is 69.9 Å². The van der Waals surface area contributed by atoms with Gasteiger partial charge in [0.05, 0.1) is 5.69 Å². The second-order valence-electron chi connectivity index (χ2n) is 5.27. The zero-order chi connectivity index (χ0) is 15.0. The lowest BCUT2D eigenvalue weighted by molar-refractivity contribution is 0.989. The van der Waals surface area contributed by atoms with E-state index in [0.29, 0.717) is 0 Å². The van der Waals surface area contributed by atoms with Gasteiger partial charge in [-0.2, -0.15) is 5.10 Å². The van der Waals surface area contributed by atoms with Gasteiger partial charge in [0.1, 0.15) is 0 Å². The Hall–Kier alpha value is -2.62. The van der Waals surface area contributed by atoms with E-state index in [2.05, 4.69) is 10.2 Å². The van der Waals surface area contributed by atoms with E-state index >= 15 is 0 Å². The molecule has 3 rings (SSSR count). The summed E-state index contributed by atoms with van der Waals surface area (Å²) < 4.78 is 1.67. The number of H-pyrrole nitrogens is 1. The fraction of sp³-hybridized carbons (Fsp3) is 0.176. The second kappa shape index (κ2) is 5.05. The molecule has 0 aliphatic rings. The van der Waals surface area contributed by atoms with E-state index < -0.39 is 0 Å². The smallest absolute Gasteiger partial charge is 0.255 e. The Morgan fingerprint density at radius 3 is 2.57 bits per heavy atom. The van der Waals surface area contributed by atoms with Gasteiger partial charge in [0.25, 0.3) is 5.56 Å². The van der Waals surface area contributed by atoms with E-state index in [1.165, 1.54) is 0 Å². The number of aromatic amines is 1. The second-order valence-corrected chi connectivity index (χ2v) is 5.27. The molecule has 2 heterocycles. The monoisotopic (exact) mass is 279 g/mol. The average Bonchev–Trinajstić information content (AvgIpc) is 2.79. The average molecular weight is 279 g/mol. The van der Waals surface area contributed by atoms with Crippen molar-refractivity contribution < 1.29 is 0 Å². The van der Waals surface area contributed by atoms with Gasteiger partial charge in [-0.05, 0) is 44.5 Å². The number of aryl methyl sites for hydroxylation is 3. The highest BCUT2D eigenvalue weighted by Gasteiger charge is 2.10. The zero-order valence-corrected chi connectivity index (χ0v) is 12.3. The summed E-state index contributed by atoms with van der Waals surface area (Å²) in [4.78, 5) is 12.2. The van der Waals surface area contributed by atoms with Crippen LogP contribution in [0.25, 0.3) is 16.8 Å². The van der Waals surface area contributed by atoms with Crippen LogP contribution >= 0.6 is 0 Å². The van der Waals surface area contributed by atoms with Crippen LogP contribution in [0.5, 0.6) is 0 Å². The summed E-state index contributed by atoms with van der Waals surface area (Å²) in [6.45, 7) is 5.96. The van der Waals surface area contributed by atoms with Crippen molar-refractivity contribution in [3.8, 4) is 16.8 Å². The molecular weight excluding hydrogens is 262 g/mol. The maximum absolute atomic E-state index is 12.2. The molecular formula is C17H17N3O. The van der Waals surface area contributed by atoms with Gasteiger partial charge >= 0.3 is 0 Å². The van der Waals surface area contributed by atoms with Gasteiger partial charge < -0.3 is 0 Å². The molecule has 21 heavy (non-hydrogen) atoms. The molecule has 1 aromatic carbocycles. The molecule has 0 aliphatic carbocycles. The predicted octanol–water partition coefficient (Wildman–Crippen LogP) is 3.15. The fourth-order valence-electron chi connectivity index (χ4n) is 2.59. The number of aromatic nitrogens is 3. The van der Waals surface area contributed by atoms with Crippen LogP contribution in [0.3, 0.4) is 0 Å². The Morgan fingerprint density at radius 2 is 1.90 bits per heavy atom. The zero-order valence-electron chi connectivity index (χ0n) is 12.3. The number of nitrogens with zero attached hydrogens (tertiary/aromatic N) is 2. The first-order chi connectivity index (χ1) is 10.1. The van der Waals surface area contributed by atoms with Crippen molar-refractivity contribution in [2.45, 2.75) is 20.8 Å². The molecule has 106 valence electrons. The first-order valence-corrected chi connectivity index (χ1v) is 6.88. The molecule has 0 atom stereocenters. The van der Waals surface area contributed by atoms with Crippen molar-refractivity contribution in [1.29, 1.82) is 0 Å². The van der Waals surface area contributed by atoms with E-state index in [1.54, 1.807) is 10.6 Å². The standard InChI is InChI=1S/C17H17N3O/c1-11-5-4-6-15(9-11)20-10-14(7-8-16(20)21)17-12(2)18-19-13(17)3/h4-10H,1-3H3,(H,18,19). The summed E-state index contributed by atoms with van der Waals surface area (Å²) >= 11 is 0. The normalized spacial score (nSPS) is 10.8. The van der Waals surface area contributed by atoms with Crippen molar-refractivity contribution in [1.82, 2.24) is 14.8 Å². The predicted molar refractivity (Wildman–Crippen MR) is 83.8 cm³/mol. The summed E-state index contributed by atoms with van der Waals surface area (Å²) in [5.74, 6) is 0. The van der Waals surface area contributed by atoms with Crippen LogP contribution in [-0.4, -0.2) is 14.8 Å². The number of hydrogen-bond donors (Lipinski definition) is 1. The maximum Gasteiger partial charge on any atom is 0.255 e. The summed E-state index contributed by atoms with van der Waals surface area (Å²) in [6.07, 6.45) is 1.88. The fourth-order valence-corrected chi connectivity index (χ4v) is 2.59. The molecule has 4 heteroatoms. The Labute approximate surface area is 123 Å². The number of pyridine rings is 1. The number of rotatable bonds is 2. The molecule has 0 saturated carbocycles. The Kier molecular flexibility index (Phi) is 3.22.